The molecule has 0 aromatic heterocycles. The number of aliphatic hydroxyl groups excluding tert-OH is 4. The standard InChI is InChI=1S/C16H20N4O6/c17-16-19-15(26)9(18-14(25)7-4-2-1-3-5-7)10-12(23)13(24)11(22)8(6-21)20(10)16/h1-5,8-13,21-24H,6H2,(H,18,25)(H2,17,19,26)/t8-,9+,10-,11+,12+,13+/m0/s1. The van der Waals surface area contributed by atoms with Crippen LogP contribution in [-0.2, 0) is 4.79 Å². The highest BCUT2D eigenvalue weighted by molar-refractivity contribution is 6.03. The Morgan fingerprint density at radius 1 is 1.15 bits per heavy atom. The van der Waals surface area contributed by atoms with Crippen LogP contribution in [0.4, 0.5) is 0 Å². The van der Waals surface area contributed by atoms with Crippen LogP contribution in [-0.4, -0.2) is 86.1 Å². The van der Waals surface area contributed by atoms with Crippen molar-refractivity contribution in [3.63, 3.8) is 0 Å². The zero-order valence-corrected chi connectivity index (χ0v) is 13.6. The summed E-state index contributed by atoms with van der Waals surface area (Å²) in [7, 11) is 0. The maximum Gasteiger partial charge on any atom is 0.273 e. The minimum atomic E-state index is -1.64. The number of nitrogens with zero attached hydrogens (tertiary/aromatic N) is 2. The molecular formula is C16H20N4O6. The number of aliphatic hydroxyl groups is 4. The van der Waals surface area contributed by atoms with Crippen molar-refractivity contribution < 1.29 is 30.0 Å². The van der Waals surface area contributed by atoms with E-state index in [1.54, 1.807) is 30.3 Å². The summed E-state index contributed by atoms with van der Waals surface area (Å²) in [5.41, 5.74) is 6.04. The molecule has 2 aliphatic heterocycles. The van der Waals surface area contributed by atoms with E-state index in [0.29, 0.717) is 5.56 Å². The van der Waals surface area contributed by atoms with Crippen molar-refractivity contribution in [3.8, 4) is 0 Å². The fourth-order valence-corrected chi connectivity index (χ4v) is 3.41. The van der Waals surface area contributed by atoms with Crippen LogP contribution < -0.4 is 11.1 Å². The lowest BCUT2D eigenvalue weighted by Crippen LogP contribution is -2.76. The number of guanidine groups is 1. The van der Waals surface area contributed by atoms with Gasteiger partial charge in [0.15, 0.2) is 5.96 Å². The number of benzene rings is 1. The van der Waals surface area contributed by atoms with Gasteiger partial charge in [-0.05, 0) is 12.1 Å². The molecule has 10 nitrogen and oxygen atoms in total. The Morgan fingerprint density at radius 2 is 1.81 bits per heavy atom. The molecule has 10 heteroatoms. The molecule has 1 aromatic carbocycles. The molecule has 26 heavy (non-hydrogen) atoms. The van der Waals surface area contributed by atoms with Gasteiger partial charge < -0.3 is 36.4 Å². The first kappa shape index (κ1) is 18.3. The van der Waals surface area contributed by atoms with E-state index in [9.17, 15) is 30.0 Å². The van der Waals surface area contributed by atoms with Gasteiger partial charge in [-0.2, -0.15) is 4.99 Å². The fourth-order valence-electron chi connectivity index (χ4n) is 3.41. The number of hydrogen-bond donors (Lipinski definition) is 6. The zero-order chi connectivity index (χ0) is 19.0. The molecule has 2 heterocycles. The van der Waals surface area contributed by atoms with Crippen molar-refractivity contribution in [1.29, 1.82) is 0 Å². The largest absolute Gasteiger partial charge is 0.394 e. The smallest absolute Gasteiger partial charge is 0.273 e. The van der Waals surface area contributed by atoms with Gasteiger partial charge >= 0.3 is 0 Å². The number of carbonyl (C=O) groups excluding carboxylic acids is 2. The molecule has 2 amide bonds. The molecule has 6 atom stereocenters. The Balaban J connectivity index is 1.95. The Kier molecular flexibility index (Phi) is 4.92. The van der Waals surface area contributed by atoms with Crippen LogP contribution in [0.2, 0.25) is 0 Å². The summed E-state index contributed by atoms with van der Waals surface area (Å²) in [5.74, 6) is -1.69. The van der Waals surface area contributed by atoms with Crippen molar-refractivity contribution in [2.24, 2.45) is 10.7 Å². The first-order valence-corrected chi connectivity index (χ1v) is 8.04. The van der Waals surface area contributed by atoms with Crippen LogP contribution >= 0.6 is 0 Å². The maximum absolute atomic E-state index is 12.4. The summed E-state index contributed by atoms with van der Waals surface area (Å²) < 4.78 is 0. The molecule has 2 aliphatic rings. The van der Waals surface area contributed by atoms with Gasteiger partial charge in [-0.1, -0.05) is 18.2 Å². The van der Waals surface area contributed by atoms with Gasteiger partial charge in [0.05, 0.1) is 18.7 Å². The van der Waals surface area contributed by atoms with Crippen LogP contribution in [0.5, 0.6) is 0 Å². The van der Waals surface area contributed by atoms with E-state index < -0.39 is 54.9 Å². The normalized spacial score (nSPS) is 34.1. The summed E-state index contributed by atoms with van der Waals surface area (Å²) in [5, 5.41) is 42.6. The number of aliphatic imine (C=N–C) groups is 1. The summed E-state index contributed by atoms with van der Waals surface area (Å²) in [4.78, 5) is 29.5. The molecule has 0 bridgehead atoms. The number of nitrogens with one attached hydrogen (secondary N) is 1. The van der Waals surface area contributed by atoms with Crippen LogP contribution in [0.1, 0.15) is 10.4 Å². The number of carbonyl (C=O) groups is 2. The van der Waals surface area contributed by atoms with E-state index >= 15 is 0 Å². The van der Waals surface area contributed by atoms with Gasteiger partial charge in [0.1, 0.15) is 24.4 Å². The summed E-state index contributed by atoms with van der Waals surface area (Å²) >= 11 is 0. The summed E-state index contributed by atoms with van der Waals surface area (Å²) in [6.45, 7) is -0.606. The minimum absolute atomic E-state index is 0.291. The van der Waals surface area contributed by atoms with Gasteiger partial charge in [0.25, 0.3) is 11.8 Å². The summed E-state index contributed by atoms with van der Waals surface area (Å²) in [6.07, 6.45) is -4.76. The molecular weight excluding hydrogens is 344 g/mol. The molecule has 3 rings (SSSR count). The van der Waals surface area contributed by atoms with Gasteiger partial charge in [0, 0.05) is 5.56 Å². The fraction of sp³-hybridized carbons (Fsp3) is 0.438. The van der Waals surface area contributed by atoms with Gasteiger partial charge in [-0.25, -0.2) is 0 Å². The van der Waals surface area contributed by atoms with Crippen molar-refractivity contribution in [2.45, 2.75) is 36.4 Å². The number of piperidine rings is 1. The molecule has 140 valence electrons. The van der Waals surface area contributed by atoms with Crippen molar-refractivity contribution in [1.82, 2.24) is 10.2 Å². The van der Waals surface area contributed by atoms with Crippen LogP contribution in [0.25, 0.3) is 0 Å². The van der Waals surface area contributed by atoms with Crippen LogP contribution in [0.3, 0.4) is 0 Å². The van der Waals surface area contributed by atoms with Crippen molar-refractivity contribution in [2.75, 3.05) is 6.61 Å². The van der Waals surface area contributed by atoms with Crippen LogP contribution in [0, 0.1) is 0 Å². The Hall–Kier alpha value is -2.53. The molecule has 1 aromatic rings. The first-order chi connectivity index (χ1) is 12.4. The van der Waals surface area contributed by atoms with Crippen LogP contribution in [0.15, 0.2) is 35.3 Å². The third kappa shape index (κ3) is 2.92. The predicted molar refractivity (Wildman–Crippen MR) is 88.8 cm³/mol. The van der Waals surface area contributed by atoms with E-state index in [1.807, 2.05) is 0 Å². The van der Waals surface area contributed by atoms with Gasteiger partial charge in [-0.3, -0.25) is 9.59 Å². The zero-order valence-electron chi connectivity index (χ0n) is 13.6. The second-order valence-corrected chi connectivity index (χ2v) is 6.24. The topological polar surface area (TPSA) is 169 Å². The van der Waals surface area contributed by atoms with Gasteiger partial charge in [0.2, 0.25) is 0 Å². The molecule has 0 aliphatic carbocycles. The van der Waals surface area contributed by atoms with E-state index in [4.69, 9.17) is 5.73 Å². The Labute approximate surface area is 148 Å². The van der Waals surface area contributed by atoms with Gasteiger partial charge in [-0.15, -0.1) is 0 Å². The lowest BCUT2D eigenvalue weighted by molar-refractivity contribution is -0.164. The molecule has 0 saturated carbocycles. The number of nitrogens with two attached hydrogens (primary N) is 1. The second-order valence-electron chi connectivity index (χ2n) is 6.24. The molecule has 0 spiro atoms. The lowest BCUT2D eigenvalue weighted by atomic mass is 9.83. The molecule has 7 N–H and O–H groups in total. The molecule has 0 unspecified atom stereocenters. The van der Waals surface area contributed by atoms with Crippen molar-refractivity contribution >= 4 is 17.8 Å². The maximum atomic E-state index is 12.4. The molecule has 0 radical (unpaired) electrons. The highest BCUT2D eigenvalue weighted by Gasteiger charge is 2.54. The second kappa shape index (κ2) is 7.00. The highest BCUT2D eigenvalue weighted by Crippen LogP contribution is 2.29. The Morgan fingerprint density at radius 3 is 2.42 bits per heavy atom. The number of fused-ring (bicyclic) bond motifs is 1. The average Bonchev–Trinajstić information content (AvgIpc) is 2.64. The first-order valence-electron chi connectivity index (χ1n) is 8.04. The average molecular weight is 364 g/mol. The third-order valence-corrected chi connectivity index (χ3v) is 4.73. The van der Waals surface area contributed by atoms with E-state index in [1.165, 1.54) is 4.90 Å². The quantitative estimate of drug-likeness (QED) is 0.325. The summed E-state index contributed by atoms with van der Waals surface area (Å²) in [6, 6.07) is 4.52. The van der Waals surface area contributed by atoms with E-state index in [-0.39, 0.29) is 5.96 Å². The van der Waals surface area contributed by atoms with Crippen molar-refractivity contribution in [3.05, 3.63) is 35.9 Å². The molecule has 1 fully saturated rings. The monoisotopic (exact) mass is 364 g/mol. The molecule has 1 saturated heterocycles. The minimum Gasteiger partial charge on any atom is -0.394 e. The Bertz CT molecular complexity index is 727. The number of hydrogen-bond acceptors (Lipinski definition) is 8. The number of amides is 2. The van der Waals surface area contributed by atoms with E-state index in [2.05, 4.69) is 10.3 Å². The lowest BCUT2D eigenvalue weighted by Gasteiger charge is -2.52. The number of rotatable bonds is 3. The highest BCUT2D eigenvalue weighted by atomic mass is 16.4. The predicted octanol–water partition coefficient (Wildman–Crippen LogP) is -3.23. The SMILES string of the molecule is NC1=NC(=O)[C@H](NC(=O)c2ccccc2)[C@H]2[C@@H](O)[C@H](O)[C@H](O)[C@H](CO)N12. The third-order valence-electron chi connectivity index (χ3n) is 4.73. The van der Waals surface area contributed by atoms with E-state index in [0.717, 1.165) is 0 Å².